The lowest BCUT2D eigenvalue weighted by atomic mass is 10.2. The van der Waals surface area contributed by atoms with Crippen LogP contribution in [0.1, 0.15) is 30.9 Å². The highest BCUT2D eigenvalue weighted by molar-refractivity contribution is 5.81. The second kappa shape index (κ2) is 7.03. The number of nitrogens with one attached hydrogen (secondary N) is 2. The molecule has 2 fully saturated rings. The zero-order valence-electron chi connectivity index (χ0n) is 16.3. The van der Waals surface area contributed by atoms with Crippen molar-refractivity contribution in [2.45, 2.75) is 37.3 Å². The van der Waals surface area contributed by atoms with Gasteiger partial charge in [-0.15, -0.1) is 5.10 Å². The van der Waals surface area contributed by atoms with Crippen LogP contribution < -0.4 is 10.2 Å². The largest absolute Gasteiger partial charge is 0.467 e. The van der Waals surface area contributed by atoms with E-state index in [4.69, 9.17) is 14.5 Å². The SMILES string of the molecule is COC(=O)[C@@H]1C[C@H](OC)CN1c1nc(Nc2cc(C3CC3)[nH]n2)c2cccn2n1. The van der Waals surface area contributed by atoms with Gasteiger partial charge in [0, 0.05) is 44.0 Å². The molecule has 0 unspecified atom stereocenters. The number of methoxy groups -OCH3 is 2. The molecule has 4 heterocycles. The molecule has 0 aromatic carbocycles. The minimum absolute atomic E-state index is 0.0908. The summed E-state index contributed by atoms with van der Waals surface area (Å²) in [7, 11) is 3.03. The smallest absolute Gasteiger partial charge is 0.328 e. The van der Waals surface area contributed by atoms with Gasteiger partial charge in [-0.3, -0.25) is 5.10 Å². The summed E-state index contributed by atoms with van der Waals surface area (Å²) in [5.74, 6) is 2.03. The normalized spacial score (nSPS) is 21.7. The van der Waals surface area contributed by atoms with Crippen molar-refractivity contribution in [1.29, 1.82) is 0 Å². The van der Waals surface area contributed by atoms with E-state index in [0.29, 0.717) is 36.5 Å². The highest BCUT2D eigenvalue weighted by Gasteiger charge is 2.39. The number of rotatable bonds is 6. The molecule has 1 aliphatic heterocycles. The Morgan fingerprint density at radius 2 is 2.21 bits per heavy atom. The van der Waals surface area contributed by atoms with Crippen LogP contribution in [0.3, 0.4) is 0 Å². The first-order chi connectivity index (χ1) is 14.2. The summed E-state index contributed by atoms with van der Waals surface area (Å²) in [6, 6.07) is 5.37. The van der Waals surface area contributed by atoms with Gasteiger partial charge >= 0.3 is 5.97 Å². The van der Waals surface area contributed by atoms with Gasteiger partial charge in [0.2, 0.25) is 5.95 Å². The van der Waals surface area contributed by atoms with Crippen LogP contribution in [0.15, 0.2) is 24.4 Å². The molecule has 2 N–H and O–H groups in total. The van der Waals surface area contributed by atoms with Crippen molar-refractivity contribution >= 4 is 29.1 Å². The molecule has 0 spiro atoms. The molecule has 1 saturated carbocycles. The average molecular weight is 397 g/mol. The lowest BCUT2D eigenvalue weighted by molar-refractivity contribution is -0.142. The summed E-state index contributed by atoms with van der Waals surface area (Å²) in [5.41, 5.74) is 1.96. The molecule has 3 aromatic heterocycles. The number of ether oxygens (including phenoxy) is 2. The van der Waals surface area contributed by atoms with Gasteiger partial charge in [0.1, 0.15) is 11.6 Å². The molecule has 10 heteroatoms. The first kappa shape index (κ1) is 17.9. The maximum atomic E-state index is 12.3. The zero-order valence-corrected chi connectivity index (χ0v) is 16.3. The summed E-state index contributed by atoms with van der Waals surface area (Å²) in [5, 5.41) is 15.3. The van der Waals surface area contributed by atoms with Gasteiger partial charge in [-0.05, 0) is 25.0 Å². The highest BCUT2D eigenvalue weighted by Crippen LogP contribution is 2.39. The van der Waals surface area contributed by atoms with Crippen LogP contribution in [0.25, 0.3) is 5.52 Å². The fourth-order valence-electron chi connectivity index (χ4n) is 3.81. The topological polar surface area (TPSA) is 110 Å². The van der Waals surface area contributed by atoms with Crippen LogP contribution in [-0.4, -0.2) is 63.7 Å². The van der Waals surface area contributed by atoms with E-state index in [1.165, 1.54) is 20.0 Å². The molecule has 5 rings (SSSR count). The fourth-order valence-corrected chi connectivity index (χ4v) is 3.81. The number of fused-ring (bicyclic) bond motifs is 1. The van der Waals surface area contributed by atoms with E-state index in [1.54, 1.807) is 11.6 Å². The Morgan fingerprint density at radius 1 is 1.34 bits per heavy atom. The molecule has 2 atom stereocenters. The Morgan fingerprint density at radius 3 is 2.97 bits per heavy atom. The van der Waals surface area contributed by atoms with Crippen LogP contribution in [0, 0.1) is 0 Å². The van der Waals surface area contributed by atoms with Crippen molar-refractivity contribution in [2.24, 2.45) is 0 Å². The van der Waals surface area contributed by atoms with Gasteiger partial charge in [-0.25, -0.2) is 9.31 Å². The van der Waals surface area contributed by atoms with Crippen molar-refractivity contribution in [1.82, 2.24) is 24.8 Å². The van der Waals surface area contributed by atoms with Crippen LogP contribution in [0.5, 0.6) is 0 Å². The third-order valence-corrected chi connectivity index (χ3v) is 5.57. The van der Waals surface area contributed by atoms with Gasteiger partial charge in [-0.2, -0.15) is 10.1 Å². The number of aromatic nitrogens is 5. The number of esters is 1. The molecule has 1 saturated heterocycles. The van der Waals surface area contributed by atoms with Gasteiger partial charge in [-0.1, -0.05) is 0 Å². The second-order valence-electron chi connectivity index (χ2n) is 7.49. The van der Waals surface area contributed by atoms with E-state index in [-0.39, 0.29) is 12.1 Å². The quantitative estimate of drug-likeness (QED) is 0.607. The molecule has 3 aromatic rings. The van der Waals surface area contributed by atoms with Crippen molar-refractivity contribution in [3.8, 4) is 0 Å². The number of hydrogen-bond donors (Lipinski definition) is 2. The molecule has 0 radical (unpaired) electrons. The third-order valence-electron chi connectivity index (χ3n) is 5.57. The lowest BCUT2D eigenvalue weighted by Gasteiger charge is -2.22. The summed E-state index contributed by atoms with van der Waals surface area (Å²) >= 11 is 0. The van der Waals surface area contributed by atoms with E-state index < -0.39 is 6.04 Å². The van der Waals surface area contributed by atoms with Crippen LogP contribution in [-0.2, 0) is 14.3 Å². The monoisotopic (exact) mass is 397 g/mol. The molecule has 0 amide bonds. The summed E-state index contributed by atoms with van der Waals surface area (Å²) in [6.45, 7) is 0.511. The van der Waals surface area contributed by atoms with Gasteiger partial charge < -0.3 is 19.7 Å². The van der Waals surface area contributed by atoms with E-state index in [2.05, 4.69) is 20.6 Å². The molecule has 1 aliphatic carbocycles. The summed E-state index contributed by atoms with van der Waals surface area (Å²) in [6.07, 6.45) is 4.69. The van der Waals surface area contributed by atoms with E-state index >= 15 is 0 Å². The Kier molecular flexibility index (Phi) is 4.35. The minimum atomic E-state index is -0.488. The van der Waals surface area contributed by atoms with Crippen LogP contribution in [0.2, 0.25) is 0 Å². The number of aromatic amines is 1. The Hall–Kier alpha value is -3.14. The molecular formula is C19H23N7O3. The van der Waals surface area contributed by atoms with E-state index in [0.717, 1.165) is 11.2 Å². The number of carbonyl (C=O) groups is 1. The second-order valence-corrected chi connectivity index (χ2v) is 7.49. The molecular weight excluding hydrogens is 374 g/mol. The van der Waals surface area contributed by atoms with Crippen molar-refractivity contribution in [2.75, 3.05) is 31.0 Å². The number of hydrogen-bond acceptors (Lipinski definition) is 8. The maximum Gasteiger partial charge on any atom is 0.328 e. The average Bonchev–Trinajstić information content (AvgIpc) is 3.13. The van der Waals surface area contributed by atoms with Crippen molar-refractivity contribution in [3.05, 3.63) is 30.1 Å². The maximum absolute atomic E-state index is 12.3. The number of H-pyrrole nitrogens is 1. The summed E-state index contributed by atoms with van der Waals surface area (Å²) in [4.78, 5) is 18.9. The lowest BCUT2D eigenvalue weighted by Crippen LogP contribution is -2.38. The number of carbonyl (C=O) groups excluding carboxylic acids is 1. The van der Waals surface area contributed by atoms with E-state index in [9.17, 15) is 4.79 Å². The molecule has 0 bridgehead atoms. The highest BCUT2D eigenvalue weighted by atomic mass is 16.5. The first-order valence-electron chi connectivity index (χ1n) is 9.71. The zero-order chi connectivity index (χ0) is 20.0. The third kappa shape index (κ3) is 3.29. The predicted molar refractivity (Wildman–Crippen MR) is 105 cm³/mol. The number of anilines is 3. The van der Waals surface area contributed by atoms with Crippen LogP contribution in [0.4, 0.5) is 17.6 Å². The van der Waals surface area contributed by atoms with Crippen molar-refractivity contribution in [3.63, 3.8) is 0 Å². The minimum Gasteiger partial charge on any atom is -0.467 e. The Balaban J connectivity index is 1.50. The van der Waals surface area contributed by atoms with Gasteiger partial charge in [0.15, 0.2) is 11.6 Å². The Labute approximate surface area is 167 Å². The molecule has 2 aliphatic rings. The molecule has 29 heavy (non-hydrogen) atoms. The Bertz CT molecular complexity index is 1040. The van der Waals surface area contributed by atoms with E-state index in [1.807, 2.05) is 29.3 Å². The van der Waals surface area contributed by atoms with Crippen molar-refractivity contribution < 1.29 is 14.3 Å². The first-order valence-corrected chi connectivity index (χ1v) is 9.71. The molecule has 152 valence electrons. The van der Waals surface area contributed by atoms with Crippen LogP contribution >= 0.6 is 0 Å². The fraction of sp³-hybridized carbons (Fsp3) is 0.474. The summed E-state index contributed by atoms with van der Waals surface area (Å²) < 4.78 is 12.2. The molecule has 10 nitrogen and oxygen atoms in total. The standard InChI is InChI=1S/C19H23N7O3/c1-28-12-8-15(18(27)29-2)25(10-12)19-21-17(14-4-3-7-26(14)24-19)20-16-9-13(22-23-16)11-5-6-11/h3-4,7,9,11-12,15H,5-6,8,10H2,1-2H3,(H2,20,21,22,23,24)/t12-,15-/m0/s1. The predicted octanol–water partition coefficient (Wildman–Crippen LogP) is 1.84. The van der Waals surface area contributed by atoms with Gasteiger partial charge in [0.25, 0.3) is 0 Å². The number of nitrogens with zero attached hydrogens (tertiary/aromatic N) is 5. The van der Waals surface area contributed by atoms with Gasteiger partial charge in [0.05, 0.1) is 13.2 Å².